The summed E-state index contributed by atoms with van der Waals surface area (Å²) < 4.78 is 1.76. The molecule has 1 aliphatic heterocycles. The zero-order chi connectivity index (χ0) is 15.4. The first kappa shape index (κ1) is 15.0. The van der Waals surface area contributed by atoms with Gasteiger partial charge in [-0.05, 0) is 6.42 Å². The molecule has 2 unspecified atom stereocenters. The van der Waals surface area contributed by atoms with E-state index in [1.807, 2.05) is 0 Å². The molecule has 1 fully saturated rings. The van der Waals surface area contributed by atoms with Gasteiger partial charge in [0.05, 0.1) is 18.2 Å². The van der Waals surface area contributed by atoms with Gasteiger partial charge in [0.1, 0.15) is 0 Å². The van der Waals surface area contributed by atoms with Gasteiger partial charge in [0.25, 0.3) is 0 Å². The maximum atomic E-state index is 12.1. The quantitative estimate of drug-likeness (QED) is 0.784. The summed E-state index contributed by atoms with van der Waals surface area (Å²) >= 11 is 0. The Morgan fingerprint density at radius 1 is 1.19 bits per heavy atom. The molecule has 8 nitrogen and oxygen atoms in total. The molecule has 8 heteroatoms. The number of imidazole rings is 1. The number of carboxylic acid groups (broad SMARTS) is 2. The summed E-state index contributed by atoms with van der Waals surface area (Å²) in [6.45, 7) is 0.702. The Bertz CT molecular complexity index is 528. The summed E-state index contributed by atoms with van der Waals surface area (Å²) in [6.07, 6.45) is 5.36. The number of piperidine rings is 1. The predicted octanol–water partition coefficient (Wildman–Crippen LogP) is -0.0929. The van der Waals surface area contributed by atoms with Crippen molar-refractivity contribution in [2.75, 3.05) is 13.1 Å². The van der Waals surface area contributed by atoms with Crippen LogP contribution in [-0.4, -0.2) is 55.6 Å². The summed E-state index contributed by atoms with van der Waals surface area (Å²) in [7, 11) is 0. The molecule has 21 heavy (non-hydrogen) atoms. The smallest absolute Gasteiger partial charge is 0.309 e. The molecule has 1 amide bonds. The fraction of sp³-hybridized carbons (Fsp3) is 0.538. The summed E-state index contributed by atoms with van der Waals surface area (Å²) in [5.41, 5.74) is 0. The minimum absolute atomic E-state index is 0.0466. The van der Waals surface area contributed by atoms with Crippen molar-refractivity contribution in [3.05, 3.63) is 18.7 Å². The van der Waals surface area contributed by atoms with E-state index in [1.54, 1.807) is 23.3 Å². The first-order valence-corrected chi connectivity index (χ1v) is 6.68. The van der Waals surface area contributed by atoms with Crippen molar-refractivity contribution in [3.63, 3.8) is 0 Å². The summed E-state index contributed by atoms with van der Waals surface area (Å²) in [6, 6.07) is 0. The highest BCUT2D eigenvalue weighted by molar-refractivity contribution is 5.82. The number of likely N-dealkylation sites (tertiary alicyclic amines) is 1. The fourth-order valence-corrected chi connectivity index (χ4v) is 2.53. The zero-order valence-corrected chi connectivity index (χ0v) is 11.4. The fourth-order valence-electron chi connectivity index (χ4n) is 2.53. The average Bonchev–Trinajstić information content (AvgIpc) is 2.97. The zero-order valence-electron chi connectivity index (χ0n) is 11.4. The van der Waals surface area contributed by atoms with Gasteiger partial charge >= 0.3 is 11.9 Å². The molecule has 0 spiro atoms. The molecule has 0 bridgehead atoms. The Labute approximate surface area is 121 Å². The van der Waals surface area contributed by atoms with Crippen molar-refractivity contribution in [2.45, 2.75) is 19.4 Å². The lowest BCUT2D eigenvalue weighted by Crippen LogP contribution is -2.48. The Morgan fingerprint density at radius 3 is 2.48 bits per heavy atom. The van der Waals surface area contributed by atoms with Crippen LogP contribution in [0.5, 0.6) is 0 Å². The number of rotatable bonds is 5. The third-order valence-electron chi connectivity index (χ3n) is 3.74. The molecule has 1 aliphatic rings. The van der Waals surface area contributed by atoms with E-state index in [4.69, 9.17) is 10.2 Å². The van der Waals surface area contributed by atoms with Crippen molar-refractivity contribution in [1.82, 2.24) is 14.5 Å². The van der Waals surface area contributed by atoms with Gasteiger partial charge in [0.15, 0.2) is 0 Å². The number of aryl methyl sites for hydroxylation is 1. The molecule has 2 N–H and O–H groups in total. The minimum atomic E-state index is -1.17. The van der Waals surface area contributed by atoms with Gasteiger partial charge in [-0.15, -0.1) is 0 Å². The summed E-state index contributed by atoms with van der Waals surface area (Å²) in [5.74, 6) is -4.44. The van der Waals surface area contributed by atoms with Crippen molar-refractivity contribution in [1.29, 1.82) is 0 Å². The average molecular weight is 295 g/mol. The highest BCUT2D eigenvalue weighted by atomic mass is 16.4. The van der Waals surface area contributed by atoms with Crippen molar-refractivity contribution in [3.8, 4) is 0 Å². The molecule has 1 aromatic rings. The van der Waals surface area contributed by atoms with Crippen LogP contribution < -0.4 is 0 Å². The van der Waals surface area contributed by atoms with Crippen LogP contribution in [0.4, 0.5) is 0 Å². The van der Waals surface area contributed by atoms with Crippen LogP contribution in [0.15, 0.2) is 18.7 Å². The van der Waals surface area contributed by atoms with Crippen molar-refractivity contribution < 1.29 is 24.6 Å². The molecular weight excluding hydrogens is 278 g/mol. The van der Waals surface area contributed by atoms with E-state index < -0.39 is 23.8 Å². The molecule has 1 saturated heterocycles. The molecule has 0 radical (unpaired) electrons. The molecule has 1 aromatic heterocycles. The summed E-state index contributed by atoms with van der Waals surface area (Å²) in [5, 5.41) is 18.2. The lowest BCUT2D eigenvalue weighted by Gasteiger charge is -2.34. The third-order valence-corrected chi connectivity index (χ3v) is 3.74. The first-order chi connectivity index (χ1) is 9.99. The number of hydrogen-bond acceptors (Lipinski definition) is 4. The van der Waals surface area contributed by atoms with E-state index >= 15 is 0 Å². The second-order valence-corrected chi connectivity index (χ2v) is 5.07. The normalized spacial score (nSPS) is 22.0. The molecule has 2 atom stereocenters. The number of hydrogen-bond donors (Lipinski definition) is 2. The molecular formula is C13H17N3O5. The van der Waals surface area contributed by atoms with Crippen LogP contribution in [0.25, 0.3) is 0 Å². The second kappa shape index (κ2) is 6.38. The van der Waals surface area contributed by atoms with E-state index in [-0.39, 0.29) is 31.8 Å². The first-order valence-electron chi connectivity index (χ1n) is 6.68. The van der Waals surface area contributed by atoms with Gasteiger partial charge in [-0.1, -0.05) is 0 Å². The number of nitrogens with zero attached hydrogens (tertiary/aromatic N) is 3. The molecule has 114 valence electrons. The number of carboxylic acids is 2. The number of aromatic nitrogens is 2. The number of amides is 1. The van der Waals surface area contributed by atoms with Crippen molar-refractivity contribution in [2.24, 2.45) is 11.8 Å². The predicted molar refractivity (Wildman–Crippen MR) is 70.3 cm³/mol. The lowest BCUT2D eigenvalue weighted by molar-refractivity contribution is -0.159. The van der Waals surface area contributed by atoms with Crippen LogP contribution in [-0.2, 0) is 20.9 Å². The van der Waals surface area contributed by atoms with E-state index in [0.29, 0.717) is 6.54 Å². The molecule has 2 rings (SSSR count). The molecule has 2 heterocycles. The number of aliphatic carboxylic acids is 2. The lowest BCUT2D eigenvalue weighted by atomic mass is 9.85. The minimum Gasteiger partial charge on any atom is -0.481 e. The van der Waals surface area contributed by atoms with Crippen LogP contribution in [0.2, 0.25) is 0 Å². The summed E-state index contributed by atoms with van der Waals surface area (Å²) in [4.78, 5) is 39.6. The van der Waals surface area contributed by atoms with Crippen LogP contribution in [0, 0.1) is 11.8 Å². The highest BCUT2D eigenvalue weighted by Gasteiger charge is 2.39. The van der Waals surface area contributed by atoms with Gasteiger partial charge in [-0.3, -0.25) is 14.4 Å². The molecule has 0 aliphatic carbocycles. The Kier molecular flexibility index (Phi) is 4.56. The maximum absolute atomic E-state index is 12.1. The van der Waals surface area contributed by atoms with Gasteiger partial charge < -0.3 is 19.7 Å². The molecule has 0 aromatic carbocycles. The Morgan fingerprint density at radius 2 is 1.90 bits per heavy atom. The van der Waals surface area contributed by atoms with Crippen LogP contribution in [0.3, 0.4) is 0 Å². The van der Waals surface area contributed by atoms with E-state index in [2.05, 4.69) is 4.98 Å². The van der Waals surface area contributed by atoms with Gasteiger partial charge in [0, 0.05) is 38.4 Å². The number of carbonyl (C=O) groups excluding carboxylic acids is 1. The van der Waals surface area contributed by atoms with Gasteiger partial charge in [-0.25, -0.2) is 4.98 Å². The standard InChI is InChI=1S/C13H17N3O5/c17-11(2-4-15-6-3-14-8-15)16-5-1-9(12(18)19)10(7-16)13(20)21/h3,6,8-10H,1-2,4-5,7H2,(H,18,19)(H,20,21). The topological polar surface area (TPSA) is 113 Å². The second-order valence-electron chi connectivity index (χ2n) is 5.07. The Balaban J connectivity index is 1.93. The van der Waals surface area contributed by atoms with E-state index in [0.717, 1.165) is 0 Å². The third kappa shape index (κ3) is 3.59. The highest BCUT2D eigenvalue weighted by Crippen LogP contribution is 2.24. The van der Waals surface area contributed by atoms with Gasteiger partial charge in [0.2, 0.25) is 5.91 Å². The van der Waals surface area contributed by atoms with Crippen LogP contribution in [0.1, 0.15) is 12.8 Å². The van der Waals surface area contributed by atoms with E-state index in [9.17, 15) is 14.4 Å². The van der Waals surface area contributed by atoms with Gasteiger partial charge in [-0.2, -0.15) is 0 Å². The van der Waals surface area contributed by atoms with E-state index in [1.165, 1.54) is 4.90 Å². The maximum Gasteiger partial charge on any atom is 0.309 e. The largest absolute Gasteiger partial charge is 0.481 e. The number of carbonyl (C=O) groups is 3. The van der Waals surface area contributed by atoms with Crippen LogP contribution >= 0.6 is 0 Å². The van der Waals surface area contributed by atoms with Crippen molar-refractivity contribution >= 4 is 17.8 Å². The SMILES string of the molecule is O=C(O)C1CCN(C(=O)CCn2ccnc2)CC1C(=O)O. The monoisotopic (exact) mass is 295 g/mol. The Hall–Kier alpha value is -2.38. The molecule has 0 saturated carbocycles.